The van der Waals surface area contributed by atoms with E-state index < -0.39 is 0 Å². The highest BCUT2D eigenvalue weighted by molar-refractivity contribution is 5.20. The van der Waals surface area contributed by atoms with Gasteiger partial charge in [0.1, 0.15) is 12.4 Å². The van der Waals surface area contributed by atoms with Crippen LogP contribution in [0.4, 0.5) is 0 Å². The van der Waals surface area contributed by atoms with Gasteiger partial charge in [-0.2, -0.15) is 0 Å². The third-order valence-corrected chi connectivity index (χ3v) is 2.56. The van der Waals surface area contributed by atoms with Gasteiger partial charge in [0.05, 0.1) is 18.8 Å². The molecule has 3 heteroatoms. The third-order valence-electron chi connectivity index (χ3n) is 2.56. The van der Waals surface area contributed by atoms with E-state index in [1.165, 1.54) is 0 Å². The van der Waals surface area contributed by atoms with Crippen molar-refractivity contribution in [2.75, 3.05) is 19.8 Å². The highest BCUT2D eigenvalue weighted by Crippen LogP contribution is 2.09. The Morgan fingerprint density at radius 2 is 1.37 bits per heavy atom. The highest BCUT2D eigenvalue weighted by atomic mass is 16.6. The number of ether oxygens (including phenoxy) is 3. The Kier molecular flexibility index (Phi) is 7.53. The molecular formula is C16H26O3. The van der Waals surface area contributed by atoms with Gasteiger partial charge in [0, 0.05) is 6.61 Å². The van der Waals surface area contributed by atoms with Crippen LogP contribution in [-0.4, -0.2) is 32.0 Å². The van der Waals surface area contributed by atoms with Crippen molar-refractivity contribution in [2.24, 2.45) is 5.92 Å². The minimum atomic E-state index is 0.0605. The maximum Gasteiger partial charge on any atom is 0.119 e. The fourth-order valence-corrected chi connectivity index (χ4v) is 1.48. The maximum absolute atomic E-state index is 5.71. The second kappa shape index (κ2) is 8.94. The van der Waals surface area contributed by atoms with E-state index in [0.717, 1.165) is 12.4 Å². The first kappa shape index (κ1) is 16.0. The lowest BCUT2D eigenvalue weighted by molar-refractivity contribution is -0.0480. The molecule has 0 saturated carbocycles. The molecule has 0 amide bonds. The molecule has 0 heterocycles. The first-order chi connectivity index (χ1) is 9.08. The van der Waals surface area contributed by atoms with E-state index in [0.29, 0.717) is 19.1 Å². The highest BCUT2D eigenvalue weighted by Gasteiger charge is 2.08. The molecule has 0 spiro atoms. The Morgan fingerprint density at radius 3 is 2.00 bits per heavy atom. The van der Waals surface area contributed by atoms with E-state index in [2.05, 4.69) is 13.8 Å². The van der Waals surface area contributed by atoms with Crippen molar-refractivity contribution in [3.63, 3.8) is 0 Å². The molecule has 1 rings (SSSR count). The van der Waals surface area contributed by atoms with Crippen molar-refractivity contribution in [1.29, 1.82) is 0 Å². The fourth-order valence-electron chi connectivity index (χ4n) is 1.48. The van der Waals surface area contributed by atoms with Crippen molar-refractivity contribution in [3.8, 4) is 5.75 Å². The van der Waals surface area contributed by atoms with Gasteiger partial charge in [0.2, 0.25) is 0 Å². The van der Waals surface area contributed by atoms with Crippen LogP contribution in [-0.2, 0) is 9.47 Å². The Bertz CT molecular complexity index is 324. The van der Waals surface area contributed by atoms with E-state index in [-0.39, 0.29) is 12.2 Å². The average Bonchev–Trinajstić information content (AvgIpc) is 2.41. The summed E-state index contributed by atoms with van der Waals surface area (Å²) >= 11 is 0. The van der Waals surface area contributed by atoms with Crippen molar-refractivity contribution >= 4 is 0 Å². The molecule has 0 aromatic heterocycles. The predicted octanol–water partition coefficient (Wildman–Crippen LogP) is 3.53. The molecule has 2 atom stereocenters. The lowest BCUT2D eigenvalue weighted by atomic mass is 10.2. The van der Waals surface area contributed by atoms with Crippen LogP contribution < -0.4 is 4.74 Å². The normalized spacial score (nSPS) is 14.4. The molecule has 0 N–H and O–H groups in total. The van der Waals surface area contributed by atoms with Gasteiger partial charge >= 0.3 is 0 Å². The first-order valence-electron chi connectivity index (χ1n) is 6.99. The van der Waals surface area contributed by atoms with E-state index in [1.807, 2.05) is 44.2 Å². The average molecular weight is 266 g/mol. The minimum Gasteiger partial charge on any atom is -0.491 e. The standard InChI is InChI=1S/C16H26O3/c1-13(2)10-17-14(3)11-18-15(4)12-19-16-8-6-5-7-9-16/h5-9,13-15H,10-12H2,1-4H3. The molecule has 2 unspecified atom stereocenters. The maximum atomic E-state index is 5.71. The quantitative estimate of drug-likeness (QED) is 0.684. The number of rotatable bonds is 9. The van der Waals surface area contributed by atoms with Crippen molar-refractivity contribution < 1.29 is 14.2 Å². The monoisotopic (exact) mass is 266 g/mol. The van der Waals surface area contributed by atoms with E-state index in [4.69, 9.17) is 14.2 Å². The van der Waals surface area contributed by atoms with Crippen LogP contribution >= 0.6 is 0 Å². The van der Waals surface area contributed by atoms with Crippen LogP contribution in [0.3, 0.4) is 0 Å². The topological polar surface area (TPSA) is 27.7 Å². The Balaban J connectivity index is 2.12. The summed E-state index contributed by atoms with van der Waals surface area (Å²) in [4.78, 5) is 0. The summed E-state index contributed by atoms with van der Waals surface area (Å²) in [7, 11) is 0. The summed E-state index contributed by atoms with van der Waals surface area (Å²) in [6, 6.07) is 9.79. The largest absolute Gasteiger partial charge is 0.491 e. The molecule has 0 radical (unpaired) electrons. The second-order valence-electron chi connectivity index (χ2n) is 5.31. The van der Waals surface area contributed by atoms with Crippen molar-refractivity contribution in [3.05, 3.63) is 30.3 Å². The number of para-hydroxylation sites is 1. The summed E-state index contributed by atoms with van der Waals surface area (Å²) < 4.78 is 17.0. The van der Waals surface area contributed by atoms with Gasteiger partial charge in [0.25, 0.3) is 0 Å². The van der Waals surface area contributed by atoms with Gasteiger partial charge in [0.15, 0.2) is 0 Å². The van der Waals surface area contributed by atoms with E-state index in [1.54, 1.807) is 0 Å². The summed E-state index contributed by atoms with van der Waals surface area (Å²) in [5.41, 5.74) is 0. The molecule has 3 nitrogen and oxygen atoms in total. The van der Waals surface area contributed by atoms with Gasteiger partial charge < -0.3 is 14.2 Å². The fraction of sp³-hybridized carbons (Fsp3) is 0.625. The van der Waals surface area contributed by atoms with Crippen LogP contribution in [0.15, 0.2) is 30.3 Å². The zero-order valence-electron chi connectivity index (χ0n) is 12.5. The van der Waals surface area contributed by atoms with Crippen LogP contribution in [0.5, 0.6) is 5.75 Å². The predicted molar refractivity (Wildman–Crippen MR) is 77.6 cm³/mol. The van der Waals surface area contributed by atoms with Crippen LogP contribution in [0.2, 0.25) is 0 Å². The Labute approximate surface area is 116 Å². The van der Waals surface area contributed by atoms with Gasteiger partial charge in [-0.1, -0.05) is 32.0 Å². The zero-order valence-corrected chi connectivity index (χ0v) is 12.5. The van der Waals surface area contributed by atoms with Gasteiger partial charge in [-0.3, -0.25) is 0 Å². The molecule has 0 aliphatic heterocycles. The molecule has 0 aliphatic carbocycles. The Morgan fingerprint density at radius 1 is 0.789 bits per heavy atom. The van der Waals surface area contributed by atoms with Gasteiger partial charge in [-0.15, -0.1) is 0 Å². The van der Waals surface area contributed by atoms with Gasteiger partial charge in [-0.25, -0.2) is 0 Å². The minimum absolute atomic E-state index is 0.0605. The van der Waals surface area contributed by atoms with Crippen LogP contribution in [0, 0.1) is 5.92 Å². The summed E-state index contributed by atoms with van der Waals surface area (Å²) in [5.74, 6) is 1.43. The van der Waals surface area contributed by atoms with Crippen LogP contribution in [0.25, 0.3) is 0 Å². The molecule has 0 aliphatic rings. The van der Waals surface area contributed by atoms with Gasteiger partial charge in [-0.05, 0) is 31.9 Å². The molecule has 1 aromatic rings. The number of hydrogen-bond donors (Lipinski definition) is 0. The zero-order chi connectivity index (χ0) is 14.1. The molecular weight excluding hydrogens is 240 g/mol. The van der Waals surface area contributed by atoms with Crippen molar-refractivity contribution in [2.45, 2.75) is 39.9 Å². The smallest absolute Gasteiger partial charge is 0.119 e. The molecule has 108 valence electrons. The SMILES string of the molecule is CC(C)COC(C)COC(C)COc1ccccc1. The lowest BCUT2D eigenvalue weighted by Gasteiger charge is -2.19. The molecule has 19 heavy (non-hydrogen) atoms. The Hall–Kier alpha value is -1.06. The molecule has 0 saturated heterocycles. The van der Waals surface area contributed by atoms with Crippen molar-refractivity contribution in [1.82, 2.24) is 0 Å². The van der Waals surface area contributed by atoms with E-state index in [9.17, 15) is 0 Å². The number of benzene rings is 1. The molecule has 0 fully saturated rings. The second-order valence-corrected chi connectivity index (χ2v) is 5.31. The lowest BCUT2D eigenvalue weighted by Crippen LogP contribution is -2.25. The van der Waals surface area contributed by atoms with Crippen LogP contribution in [0.1, 0.15) is 27.7 Å². The summed E-state index contributed by atoms with van der Waals surface area (Å²) in [6.45, 7) is 10.3. The first-order valence-corrected chi connectivity index (χ1v) is 6.99. The summed E-state index contributed by atoms with van der Waals surface area (Å²) in [5, 5.41) is 0. The number of hydrogen-bond acceptors (Lipinski definition) is 3. The molecule has 0 bridgehead atoms. The third kappa shape index (κ3) is 7.85. The molecule has 1 aromatic carbocycles. The summed E-state index contributed by atoms with van der Waals surface area (Å²) in [6.07, 6.45) is 0.187. The van der Waals surface area contributed by atoms with E-state index >= 15 is 0 Å².